The maximum atomic E-state index is 13.1. The van der Waals surface area contributed by atoms with Crippen LogP contribution >= 0.6 is 11.6 Å². The Bertz CT molecular complexity index is 873. The number of anilines is 2. The van der Waals surface area contributed by atoms with E-state index in [9.17, 15) is 13.2 Å². The molecule has 4 nitrogen and oxygen atoms in total. The van der Waals surface area contributed by atoms with Crippen LogP contribution in [-0.4, -0.2) is 36.9 Å². The van der Waals surface area contributed by atoms with Crippen LogP contribution in [0.5, 0.6) is 0 Å². The summed E-state index contributed by atoms with van der Waals surface area (Å²) in [5.41, 5.74) is 1.62. The molecule has 2 aliphatic rings. The summed E-state index contributed by atoms with van der Waals surface area (Å²) < 4.78 is 39.4. The second-order valence-electron chi connectivity index (χ2n) is 6.22. The number of aliphatic imine (C=N–C) groups is 1. The lowest BCUT2D eigenvalue weighted by Gasteiger charge is -2.30. The second-order valence-corrected chi connectivity index (χ2v) is 6.65. The van der Waals surface area contributed by atoms with E-state index >= 15 is 0 Å². The van der Waals surface area contributed by atoms with Crippen LogP contribution in [0.3, 0.4) is 0 Å². The minimum atomic E-state index is -4.41. The highest BCUT2D eigenvalue weighted by Crippen LogP contribution is 2.40. The molecule has 0 radical (unpaired) electrons. The molecule has 8 heteroatoms. The van der Waals surface area contributed by atoms with Crippen molar-refractivity contribution in [3.63, 3.8) is 0 Å². The van der Waals surface area contributed by atoms with Gasteiger partial charge in [0.2, 0.25) is 0 Å². The first-order valence-electron chi connectivity index (χ1n) is 8.24. The van der Waals surface area contributed by atoms with Crippen LogP contribution in [-0.2, 0) is 6.18 Å². The third-order valence-electron chi connectivity index (χ3n) is 4.46. The number of nitrogens with zero attached hydrogens (tertiary/aromatic N) is 2. The van der Waals surface area contributed by atoms with Crippen molar-refractivity contribution < 1.29 is 13.2 Å². The van der Waals surface area contributed by atoms with Crippen molar-refractivity contribution in [1.82, 2.24) is 10.2 Å². The van der Waals surface area contributed by atoms with Gasteiger partial charge in [0, 0.05) is 36.8 Å². The molecule has 0 saturated carbocycles. The van der Waals surface area contributed by atoms with Gasteiger partial charge in [0.25, 0.3) is 0 Å². The van der Waals surface area contributed by atoms with E-state index in [1.807, 2.05) is 6.07 Å². The zero-order valence-corrected chi connectivity index (χ0v) is 14.5. The van der Waals surface area contributed by atoms with Crippen molar-refractivity contribution in [2.45, 2.75) is 6.18 Å². The Morgan fingerprint density at radius 3 is 2.50 bits per heavy atom. The Morgan fingerprint density at radius 2 is 1.77 bits per heavy atom. The van der Waals surface area contributed by atoms with E-state index in [-0.39, 0.29) is 5.69 Å². The molecule has 0 aromatic heterocycles. The summed E-state index contributed by atoms with van der Waals surface area (Å²) in [6.45, 7) is 3.06. The number of amidine groups is 1. The van der Waals surface area contributed by atoms with Crippen molar-refractivity contribution >= 4 is 34.5 Å². The van der Waals surface area contributed by atoms with E-state index in [1.54, 1.807) is 12.1 Å². The van der Waals surface area contributed by atoms with Crippen LogP contribution in [0.2, 0.25) is 5.02 Å². The number of benzene rings is 2. The number of nitrogens with one attached hydrogen (secondary N) is 2. The number of hydrogen-bond donors (Lipinski definition) is 2. The summed E-state index contributed by atoms with van der Waals surface area (Å²) in [5.74, 6) is 0.656. The van der Waals surface area contributed by atoms with E-state index < -0.39 is 11.7 Å². The molecule has 1 saturated heterocycles. The van der Waals surface area contributed by atoms with Gasteiger partial charge in [0.15, 0.2) is 0 Å². The van der Waals surface area contributed by atoms with Gasteiger partial charge in [0.1, 0.15) is 5.84 Å². The highest BCUT2D eigenvalue weighted by atomic mass is 35.5. The van der Waals surface area contributed by atoms with Crippen molar-refractivity contribution in [3.05, 3.63) is 52.5 Å². The maximum Gasteiger partial charge on any atom is 0.416 e. The lowest BCUT2D eigenvalue weighted by Crippen LogP contribution is -2.46. The molecule has 136 valence electrons. The summed E-state index contributed by atoms with van der Waals surface area (Å²) in [6, 6.07) is 8.92. The van der Waals surface area contributed by atoms with E-state index in [4.69, 9.17) is 11.6 Å². The Morgan fingerprint density at radius 1 is 1.00 bits per heavy atom. The van der Waals surface area contributed by atoms with Crippen molar-refractivity contribution in [2.24, 2.45) is 4.99 Å². The fourth-order valence-corrected chi connectivity index (χ4v) is 3.33. The van der Waals surface area contributed by atoms with Crippen molar-refractivity contribution in [3.8, 4) is 0 Å². The van der Waals surface area contributed by atoms with Crippen LogP contribution in [0.1, 0.15) is 11.1 Å². The standard InChI is InChI=1S/C18H16ClF3N4/c19-12-2-3-13-15(10-12)24-14-4-1-11(18(20,21)22)9-16(14)25-17(13)26-7-5-23-6-8-26/h1-4,9-10,23-24H,5-8H2. The Kier molecular flexibility index (Phi) is 4.28. The van der Waals surface area contributed by atoms with E-state index in [2.05, 4.69) is 20.5 Å². The number of alkyl halides is 3. The summed E-state index contributed by atoms with van der Waals surface area (Å²) in [5, 5.41) is 7.00. The van der Waals surface area contributed by atoms with Crippen LogP contribution in [0.25, 0.3) is 0 Å². The molecule has 1 fully saturated rings. The fraction of sp³-hybridized carbons (Fsp3) is 0.278. The molecule has 26 heavy (non-hydrogen) atoms. The number of halogens is 4. The first-order chi connectivity index (χ1) is 12.4. The summed E-state index contributed by atoms with van der Waals surface area (Å²) in [4.78, 5) is 6.70. The average molecular weight is 381 g/mol. The summed E-state index contributed by atoms with van der Waals surface area (Å²) in [7, 11) is 0. The quantitative estimate of drug-likeness (QED) is 0.711. The van der Waals surface area contributed by atoms with Crippen LogP contribution in [0.15, 0.2) is 41.4 Å². The Balaban J connectivity index is 1.88. The normalized spacial score (nSPS) is 16.9. The number of hydrogen-bond acceptors (Lipinski definition) is 4. The highest BCUT2D eigenvalue weighted by molar-refractivity contribution is 6.31. The van der Waals surface area contributed by atoms with E-state index in [1.165, 1.54) is 6.07 Å². The smallest absolute Gasteiger partial charge is 0.353 e. The highest BCUT2D eigenvalue weighted by Gasteiger charge is 2.32. The monoisotopic (exact) mass is 380 g/mol. The molecule has 0 unspecified atom stereocenters. The molecule has 2 N–H and O–H groups in total. The third-order valence-corrected chi connectivity index (χ3v) is 4.69. The lowest BCUT2D eigenvalue weighted by molar-refractivity contribution is -0.137. The fourth-order valence-electron chi connectivity index (χ4n) is 3.16. The van der Waals surface area contributed by atoms with Gasteiger partial charge in [-0.05, 0) is 36.4 Å². The SMILES string of the molecule is FC(F)(F)c1ccc2c(c1)N=C(N1CCNCC1)c1ccc(Cl)cc1N2. The van der Waals surface area contributed by atoms with Gasteiger partial charge in [0.05, 0.1) is 22.6 Å². The van der Waals surface area contributed by atoms with Gasteiger partial charge in [-0.3, -0.25) is 0 Å². The van der Waals surface area contributed by atoms with Gasteiger partial charge in [-0.2, -0.15) is 13.2 Å². The summed E-state index contributed by atoms with van der Waals surface area (Å²) in [6.07, 6.45) is -4.41. The second kappa shape index (κ2) is 6.48. The van der Waals surface area contributed by atoms with Gasteiger partial charge in [-0.1, -0.05) is 11.6 Å². The van der Waals surface area contributed by atoms with Crippen LogP contribution in [0.4, 0.5) is 30.2 Å². The number of fused-ring (bicyclic) bond motifs is 2. The largest absolute Gasteiger partial charge is 0.416 e. The summed E-state index contributed by atoms with van der Waals surface area (Å²) >= 11 is 6.12. The third kappa shape index (κ3) is 3.24. The topological polar surface area (TPSA) is 39.7 Å². The molecule has 2 aromatic carbocycles. The molecular weight excluding hydrogens is 365 g/mol. The maximum absolute atomic E-state index is 13.1. The van der Waals surface area contributed by atoms with Crippen LogP contribution in [0, 0.1) is 0 Å². The molecule has 0 atom stereocenters. The molecule has 2 aliphatic heterocycles. The first kappa shape index (κ1) is 17.2. The van der Waals surface area contributed by atoms with Gasteiger partial charge < -0.3 is 15.5 Å². The molecule has 2 heterocycles. The predicted molar refractivity (Wildman–Crippen MR) is 96.8 cm³/mol. The van der Waals surface area contributed by atoms with Crippen molar-refractivity contribution in [2.75, 3.05) is 31.5 Å². The lowest BCUT2D eigenvalue weighted by atomic mass is 10.1. The molecule has 0 amide bonds. The van der Waals surface area contributed by atoms with Gasteiger partial charge >= 0.3 is 6.18 Å². The van der Waals surface area contributed by atoms with Crippen molar-refractivity contribution in [1.29, 1.82) is 0 Å². The predicted octanol–water partition coefficient (Wildman–Crippen LogP) is 4.40. The molecule has 2 aromatic rings. The Labute approximate surface area is 153 Å². The molecule has 0 aliphatic carbocycles. The first-order valence-corrected chi connectivity index (χ1v) is 8.62. The number of rotatable bonds is 0. The molecule has 0 bridgehead atoms. The molecular formula is C18H16ClF3N4. The number of piperazine rings is 1. The van der Waals surface area contributed by atoms with E-state index in [0.717, 1.165) is 49.6 Å². The molecule has 0 spiro atoms. The van der Waals surface area contributed by atoms with Gasteiger partial charge in [-0.15, -0.1) is 0 Å². The average Bonchev–Trinajstić information content (AvgIpc) is 2.77. The minimum Gasteiger partial charge on any atom is -0.353 e. The van der Waals surface area contributed by atoms with E-state index in [0.29, 0.717) is 16.5 Å². The Hall–Kier alpha value is -2.25. The zero-order chi connectivity index (χ0) is 18.3. The minimum absolute atomic E-state index is 0.265. The molecule has 4 rings (SSSR count). The van der Waals surface area contributed by atoms with Gasteiger partial charge in [-0.25, -0.2) is 4.99 Å². The van der Waals surface area contributed by atoms with Crippen LogP contribution < -0.4 is 10.6 Å². The zero-order valence-electron chi connectivity index (χ0n) is 13.7.